The van der Waals surface area contributed by atoms with Crippen LogP contribution in [0.3, 0.4) is 0 Å². The summed E-state index contributed by atoms with van der Waals surface area (Å²) in [6, 6.07) is 6.10. The largest absolute Gasteiger partial charge is 0.377 e. The Labute approximate surface area is 141 Å². The summed E-state index contributed by atoms with van der Waals surface area (Å²) in [4.78, 5) is 12.1. The van der Waals surface area contributed by atoms with Crippen LogP contribution in [0.15, 0.2) is 29.2 Å². The van der Waals surface area contributed by atoms with E-state index in [4.69, 9.17) is 9.47 Å². The van der Waals surface area contributed by atoms with E-state index in [0.29, 0.717) is 25.3 Å². The highest BCUT2D eigenvalue weighted by Gasteiger charge is 2.24. The van der Waals surface area contributed by atoms with E-state index in [1.54, 1.807) is 12.1 Å². The molecule has 0 unspecified atom stereocenters. The first-order valence-corrected chi connectivity index (χ1v) is 9.67. The predicted molar refractivity (Wildman–Crippen MR) is 88.2 cm³/mol. The molecule has 0 saturated carbocycles. The summed E-state index contributed by atoms with van der Waals surface area (Å²) in [5, 5.41) is 2.74. The number of benzene rings is 1. The van der Waals surface area contributed by atoms with E-state index in [1.807, 2.05) is 0 Å². The zero-order valence-corrected chi connectivity index (χ0v) is 14.2. The molecule has 0 spiro atoms. The van der Waals surface area contributed by atoms with Crippen molar-refractivity contribution in [2.24, 2.45) is 0 Å². The Morgan fingerprint density at radius 3 is 2.42 bits per heavy atom. The van der Waals surface area contributed by atoms with Crippen molar-refractivity contribution in [2.75, 3.05) is 25.1 Å². The summed E-state index contributed by atoms with van der Waals surface area (Å²) in [5.74, 6) is -0.195. The molecular weight excluding hydrogens is 332 g/mol. The molecule has 2 saturated heterocycles. The second-order valence-electron chi connectivity index (χ2n) is 6.00. The smallest absolute Gasteiger partial charge is 0.253 e. The van der Waals surface area contributed by atoms with Crippen molar-refractivity contribution in [3.63, 3.8) is 0 Å². The summed E-state index contributed by atoms with van der Waals surface area (Å²) in [5.41, 5.74) is 0.550. The third kappa shape index (κ3) is 4.32. The van der Waals surface area contributed by atoms with Crippen molar-refractivity contribution in [1.29, 1.82) is 0 Å². The van der Waals surface area contributed by atoms with Gasteiger partial charge in [-0.15, -0.1) is 0 Å². The minimum Gasteiger partial charge on any atom is -0.377 e. The van der Waals surface area contributed by atoms with E-state index in [1.165, 1.54) is 12.1 Å². The standard InChI is InChI=1S/C16H22N2O5S/c19-16(15-4-2-10-23-15)18-12-5-7-14(8-6-12)24(20,21)17-11-13-3-1-9-22-13/h5-8,13,15,17H,1-4,9-11H2,(H,18,19)/t13-,15-/m0/s1. The fourth-order valence-corrected chi connectivity index (χ4v) is 3.88. The molecule has 1 aromatic carbocycles. The van der Waals surface area contributed by atoms with Gasteiger partial charge in [-0.2, -0.15) is 0 Å². The van der Waals surface area contributed by atoms with E-state index < -0.39 is 16.1 Å². The van der Waals surface area contributed by atoms with Crippen LogP contribution in [-0.2, 0) is 24.3 Å². The topological polar surface area (TPSA) is 93.7 Å². The van der Waals surface area contributed by atoms with Crippen molar-refractivity contribution >= 4 is 21.6 Å². The van der Waals surface area contributed by atoms with Gasteiger partial charge in [0.05, 0.1) is 11.0 Å². The van der Waals surface area contributed by atoms with Crippen LogP contribution in [0.4, 0.5) is 5.69 Å². The van der Waals surface area contributed by atoms with Crippen molar-refractivity contribution in [3.05, 3.63) is 24.3 Å². The molecule has 0 bridgehead atoms. The monoisotopic (exact) mass is 354 g/mol. The van der Waals surface area contributed by atoms with E-state index in [0.717, 1.165) is 19.3 Å². The van der Waals surface area contributed by atoms with Gasteiger partial charge in [-0.25, -0.2) is 13.1 Å². The van der Waals surface area contributed by atoms with Crippen LogP contribution in [0.2, 0.25) is 0 Å². The Morgan fingerprint density at radius 1 is 1.08 bits per heavy atom. The normalized spacial score (nSPS) is 24.2. The molecule has 24 heavy (non-hydrogen) atoms. The lowest BCUT2D eigenvalue weighted by Gasteiger charge is -2.13. The quantitative estimate of drug-likeness (QED) is 0.802. The lowest BCUT2D eigenvalue weighted by atomic mass is 10.2. The Kier molecular flexibility index (Phi) is 5.50. The minimum atomic E-state index is -3.58. The maximum atomic E-state index is 12.3. The Hall–Kier alpha value is -1.48. The van der Waals surface area contributed by atoms with Gasteiger partial charge in [0, 0.05) is 25.4 Å². The number of anilines is 1. The van der Waals surface area contributed by atoms with Gasteiger partial charge in [0.15, 0.2) is 0 Å². The fraction of sp³-hybridized carbons (Fsp3) is 0.562. The highest BCUT2D eigenvalue weighted by molar-refractivity contribution is 7.89. The van der Waals surface area contributed by atoms with Crippen LogP contribution in [-0.4, -0.2) is 46.3 Å². The number of ether oxygens (including phenoxy) is 2. The number of carbonyl (C=O) groups excluding carboxylic acids is 1. The summed E-state index contributed by atoms with van der Waals surface area (Å²) in [7, 11) is -3.58. The van der Waals surface area contributed by atoms with Gasteiger partial charge in [-0.3, -0.25) is 4.79 Å². The van der Waals surface area contributed by atoms with Crippen LogP contribution in [0, 0.1) is 0 Å². The van der Waals surface area contributed by atoms with Gasteiger partial charge >= 0.3 is 0 Å². The van der Waals surface area contributed by atoms with Crippen LogP contribution < -0.4 is 10.0 Å². The molecule has 3 rings (SSSR count). The summed E-state index contributed by atoms with van der Waals surface area (Å²) < 4.78 is 37.8. The van der Waals surface area contributed by atoms with E-state index in [9.17, 15) is 13.2 Å². The maximum absolute atomic E-state index is 12.3. The molecule has 2 heterocycles. The van der Waals surface area contributed by atoms with Crippen LogP contribution in [0.25, 0.3) is 0 Å². The van der Waals surface area contributed by atoms with E-state index in [2.05, 4.69) is 10.0 Å². The van der Waals surface area contributed by atoms with Crippen molar-refractivity contribution in [1.82, 2.24) is 4.72 Å². The molecule has 8 heteroatoms. The van der Waals surface area contributed by atoms with Gasteiger partial charge in [-0.05, 0) is 49.9 Å². The van der Waals surface area contributed by atoms with Crippen molar-refractivity contribution in [3.8, 4) is 0 Å². The molecule has 7 nitrogen and oxygen atoms in total. The summed E-state index contributed by atoms with van der Waals surface area (Å²) in [6.45, 7) is 1.57. The number of hydrogen-bond acceptors (Lipinski definition) is 5. The summed E-state index contributed by atoms with van der Waals surface area (Å²) >= 11 is 0. The molecule has 2 fully saturated rings. The van der Waals surface area contributed by atoms with Crippen LogP contribution >= 0.6 is 0 Å². The Bertz CT molecular complexity index is 662. The molecule has 2 aliphatic heterocycles. The van der Waals surface area contributed by atoms with E-state index in [-0.39, 0.29) is 23.5 Å². The highest BCUT2D eigenvalue weighted by Crippen LogP contribution is 2.18. The first-order chi connectivity index (χ1) is 11.5. The number of amides is 1. The summed E-state index contributed by atoms with van der Waals surface area (Å²) in [6.07, 6.45) is 2.96. The van der Waals surface area contributed by atoms with Gasteiger partial charge in [0.2, 0.25) is 10.0 Å². The number of sulfonamides is 1. The molecule has 2 atom stereocenters. The zero-order valence-electron chi connectivity index (χ0n) is 13.4. The van der Waals surface area contributed by atoms with Gasteiger partial charge in [-0.1, -0.05) is 0 Å². The van der Waals surface area contributed by atoms with Crippen LogP contribution in [0.5, 0.6) is 0 Å². The lowest BCUT2D eigenvalue weighted by molar-refractivity contribution is -0.124. The Balaban J connectivity index is 1.57. The van der Waals surface area contributed by atoms with Crippen molar-refractivity contribution < 1.29 is 22.7 Å². The average Bonchev–Trinajstić information content (AvgIpc) is 3.27. The number of carbonyl (C=O) groups is 1. The zero-order chi connectivity index (χ0) is 17.0. The molecule has 1 aromatic rings. The van der Waals surface area contributed by atoms with Crippen molar-refractivity contribution in [2.45, 2.75) is 42.8 Å². The predicted octanol–water partition coefficient (Wildman–Crippen LogP) is 1.26. The molecule has 2 N–H and O–H groups in total. The third-order valence-electron chi connectivity index (χ3n) is 4.18. The Morgan fingerprint density at radius 2 is 1.79 bits per heavy atom. The fourth-order valence-electron chi connectivity index (χ4n) is 2.82. The number of hydrogen-bond donors (Lipinski definition) is 2. The highest BCUT2D eigenvalue weighted by atomic mass is 32.2. The molecule has 1 amide bonds. The molecule has 0 aromatic heterocycles. The molecular formula is C16H22N2O5S. The first-order valence-electron chi connectivity index (χ1n) is 8.18. The number of nitrogens with one attached hydrogen (secondary N) is 2. The van der Waals surface area contributed by atoms with E-state index >= 15 is 0 Å². The molecule has 0 aliphatic carbocycles. The minimum absolute atomic E-state index is 0.0512. The van der Waals surface area contributed by atoms with Gasteiger partial charge < -0.3 is 14.8 Å². The molecule has 132 valence electrons. The second kappa shape index (κ2) is 7.60. The molecule has 2 aliphatic rings. The molecule has 0 radical (unpaired) electrons. The number of rotatable bonds is 6. The maximum Gasteiger partial charge on any atom is 0.253 e. The van der Waals surface area contributed by atoms with Crippen LogP contribution in [0.1, 0.15) is 25.7 Å². The third-order valence-corrected chi connectivity index (χ3v) is 5.62. The SMILES string of the molecule is O=C(Nc1ccc(S(=O)(=O)NC[C@@H]2CCCO2)cc1)[C@@H]1CCCO1. The average molecular weight is 354 g/mol. The first kappa shape index (κ1) is 17.3. The second-order valence-corrected chi connectivity index (χ2v) is 7.77. The van der Waals surface area contributed by atoms with Gasteiger partial charge in [0.25, 0.3) is 5.91 Å². The lowest BCUT2D eigenvalue weighted by Crippen LogP contribution is -2.31. The van der Waals surface area contributed by atoms with Gasteiger partial charge in [0.1, 0.15) is 6.10 Å².